The Bertz CT molecular complexity index is 473. The summed E-state index contributed by atoms with van der Waals surface area (Å²) in [5.74, 6) is 2.06. The molecule has 1 aromatic carbocycles. The fourth-order valence-electron chi connectivity index (χ4n) is 2.49. The zero-order valence-corrected chi connectivity index (χ0v) is 16.3. The molecule has 0 aromatic heterocycles. The average molecular weight is 417 g/mol. The van der Waals surface area contributed by atoms with Crippen molar-refractivity contribution in [3.05, 3.63) is 35.4 Å². The number of nitrogens with one attached hydrogen (secondary N) is 2. The maximum atomic E-state index is 5.03. The summed E-state index contributed by atoms with van der Waals surface area (Å²) >= 11 is 0. The van der Waals surface area contributed by atoms with Gasteiger partial charge in [0, 0.05) is 32.7 Å². The molecule has 0 saturated heterocycles. The van der Waals surface area contributed by atoms with Gasteiger partial charge in [-0.1, -0.05) is 38.1 Å². The molecule has 1 saturated carbocycles. The number of guanidine groups is 1. The smallest absolute Gasteiger partial charge is 0.191 e. The van der Waals surface area contributed by atoms with Gasteiger partial charge in [0.25, 0.3) is 0 Å². The summed E-state index contributed by atoms with van der Waals surface area (Å²) in [5.41, 5.74) is 2.82. The standard InChI is InChI=1S/C17H27N3O.HI/c1-12(2)13-5-7-14(8-6-13)15-11-16(15)20-17(18-3)19-9-10-21-4;/h5-8,12,15-16H,9-11H2,1-4H3,(H2,18,19,20);1H. The second-order valence-electron chi connectivity index (χ2n) is 5.91. The van der Waals surface area contributed by atoms with Crippen molar-refractivity contribution < 1.29 is 4.74 Å². The molecule has 0 heterocycles. The Hall–Kier alpha value is -0.820. The third kappa shape index (κ3) is 5.43. The zero-order valence-electron chi connectivity index (χ0n) is 13.9. The van der Waals surface area contributed by atoms with Crippen LogP contribution in [0.1, 0.15) is 43.2 Å². The summed E-state index contributed by atoms with van der Waals surface area (Å²) in [6, 6.07) is 9.52. The molecule has 1 aromatic rings. The van der Waals surface area contributed by atoms with E-state index in [1.54, 1.807) is 14.2 Å². The van der Waals surface area contributed by atoms with Crippen LogP contribution < -0.4 is 10.6 Å². The van der Waals surface area contributed by atoms with Crippen LogP contribution in [0.2, 0.25) is 0 Å². The van der Waals surface area contributed by atoms with Crippen LogP contribution in [0, 0.1) is 0 Å². The molecule has 0 spiro atoms. The summed E-state index contributed by atoms with van der Waals surface area (Å²) in [5, 5.41) is 6.72. The Morgan fingerprint density at radius 3 is 2.55 bits per heavy atom. The number of nitrogens with zero attached hydrogens (tertiary/aromatic N) is 1. The average Bonchev–Trinajstić information content (AvgIpc) is 3.25. The third-order valence-corrected chi connectivity index (χ3v) is 3.97. The van der Waals surface area contributed by atoms with Crippen LogP contribution in [0.4, 0.5) is 0 Å². The van der Waals surface area contributed by atoms with Gasteiger partial charge in [-0.25, -0.2) is 0 Å². The van der Waals surface area contributed by atoms with Crippen molar-refractivity contribution in [3.8, 4) is 0 Å². The molecule has 22 heavy (non-hydrogen) atoms. The summed E-state index contributed by atoms with van der Waals surface area (Å²) in [6.07, 6.45) is 1.17. The van der Waals surface area contributed by atoms with Crippen LogP contribution in [0.5, 0.6) is 0 Å². The molecule has 0 aliphatic heterocycles. The van der Waals surface area contributed by atoms with Gasteiger partial charge in [0.15, 0.2) is 5.96 Å². The minimum absolute atomic E-state index is 0. The molecule has 5 heteroatoms. The molecule has 1 aliphatic rings. The molecule has 0 radical (unpaired) electrons. The van der Waals surface area contributed by atoms with Crippen LogP contribution in [-0.2, 0) is 4.74 Å². The molecule has 2 atom stereocenters. The molecule has 2 N–H and O–H groups in total. The van der Waals surface area contributed by atoms with E-state index in [0.29, 0.717) is 24.5 Å². The van der Waals surface area contributed by atoms with Crippen LogP contribution in [0.25, 0.3) is 0 Å². The number of aliphatic imine (C=N–C) groups is 1. The number of hydrogen-bond donors (Lipinski definition) is 2. The second-order valence-corrected chi connectivity index (χ2v) is 5.91. The van der Waals surface area contributed by atoms with Gasteiger partial charge in [0.05, 0.1) is 6.61 Å². The highest BCUT2D eigenvalue weighted by Gasteiger charge is 2.38. The molecule has 4 nitrogen and oxygen atoms in total. The van der Waals surface area contributed by atoms with Crippen LogP contribution in [0.3, 0.4) is 0 Å². The molecule has 2 unspecified atom stereocenters. The van der Waals surface area contributed by atoms with Crippen molar-refractivity contribution in [2.24, 2.45) is 4.99 Å². The predicted molar refractivity (Wildman–Crippen MR) is 103 cm³/mol. The van der Waals surface area contributed by atoms with Crippen molar-refractivity contribution in [2.75, 3.05) is 27.3 Å². The first kappa shape index (κ1) is 19.2. The number of halogens is 1. The monoisotopic (exact) mass is 417 g/mol. The zero-order chi connectivity index (χ0) is 15.2. The number of rotatable bonds is 6. The lowest BCUT2D eigenvalue weighted by molar-refractivity contribution is 0.203. The predicted octanol–water partition coefficient (Wildman–Crippen LogP) is 3.10. The minimum atomic E-state index is 0. The Balaban J connectivity index is 0.00000242. The minimum Gasteiger partial charge on any atom is -0.383 e. The van der Waals surface area contributed by atoms with Gasteiger partial charge < -0.3 is 15.4 Å². The highest BCUT2D eigenvalue weighted by molar-refractivity contribution is 14.0. The van der Waals surface area contributed by atoms with E-state index in [0.717, 1.165) is 12.5 Å². The SMILES string of the molecule is CN=C(NCCOC)NC1CC1c1ccc(C(C)C)cc1.I. The molecule has 0 bridgehead atoms. The Labute approximate surface area is 151 Å². The summed E-state index contributed by atoms with van der Waals surface area (Å²) in [7, 11) is 3.51. The topological polar surface area (TPSA) is 45.7 Å². The maximum Gasteiger partial charge on any atom is 0.191 e. The number of benzene rings is 1. The van der Waals surface area contributed by atoms with Gasteiger partial charge in [0.1, 0.15) is 0 Å². The van der Waals surface area contributed by atoms with Gasteiger partial charge in [-0.2, -0.15) is 0 Å². The van der Waals surface area contributed by atoms with Crippen LogP contribution >= 0.6 is 24.0 Å². The van der Waals surface area contributed by atoms with Gasteiger partial charge in [0.2, 0.25) is 0 Å². The maximum absolute atomic E-state index is 5.03. The molecule has 2 rings (SSSR count). The fraction of sp³-hybridized carbons (Fsp3) is 0.588. The van der Waals surface area contributed by atoms with E-state index in [9.17, 15) is 0 Å². The Kier molecular flexibility index (Phi) is 8.17. The number of hydrogen-bond acceptors (Lipinski definition) is 2. The molecule has 1 fully saturated rings. The van der Waals surface area contributed by atoms with Crippen molar-refractivity contribution in [1.82, 2.24) is 10.6 Å². The van der Waals surface area contributed by atoms with Crippen LogP contribution in [0.15, 0.2) is 29.3 Å². The Morgan fingerprint density at radius 1 is 1.32 bits per heavy atom. The van der Waals surface area contributed by atoms with Gasteiger partial charge in [-0.05, 0) is 23.5 Å². The largest absolute Gasteiger partial charge is 0.383 e. The fourth-order valence-corrected chi connectivity index (χ4v) is 2.49. The lowest BCUT2D eigenvalue weighted by Gasteiger charge is -2.11. The first-order valence-electron chi connectivity index (χ1n) is 7.71. The summed E-state index contributed by atoms with van der Waals surface area (Å²) < 4.78 is 5.03. The lowest BCUT2D eigenvalue weighted by atomic mass is 10.0. The van der Waals surface area contributed by atoms with Gasteiger partial charge in [-0.3, -0.25) is 4.99 Å². The number of ether oxygens (including phenoxy) is 1. The van der Waals surface area contributed by atoms with E-state index in [-0.39, 0.29) is 24.0 Å². The molecular weight excluding hydrogens is 389 g/mol. The van der Waals surface area contributed by atoms with Crippen molar-refractivity contribution in [3.63, 3.8) is 0 Å². The van der Waals surface area contributed by atoms with Crippen molar-refractivity contribution >= 4 is 29.9 Å². The first-order chi connectivity index (χ1) is 10.2. The highest BCUT2D eigenvalue weighted by atomic mass is 127. The van der Waals surface area contributed by atoms with Crippen molar-refractivity contribution in [1.29, 1.82) is 0 Å². The normalized spacial score (nSPS) is 20.5. The quantitative estimate of drug-likeness (QED) is 0.324. The first-order valence-corrected chi connectivity index (χ1v) is 7.71. The Morgan fingerprint density at radius 2 is 2.00 bits per heavy atom. The van der Waals surface area contributed by atoms with E-state index in [2.05, 4.69) is 53.7 Å². The molecule has 1 aliphatic carbocycles. The van der Waals surface area contributed by atoms with Gasteiger partial charge >= 0.3 is 0 Å². The van der Waals surface area contributed by atoms with E-state index in [1.165, 1.54) is 17.5 Å². The van der Waals surface area contributed by atoms with E-state index < -0.39 is 0 Å². The number of methoxy groups -OCH3 is 1. The van der Waals surface area contributed by atoms with E-state index in [4.69, 9.17) is 4.74 Å². The van der Waals surface area contributed by atoms with Crippen molar-refractivity contribution in [2.45, 2.75) is 38.1 Å². The molecule has 0 amide bonds. The summed E-state index contributed by atoms with van der Waals surface area (Å²) in [4.78, 5) is 4.24. The van der Waals surface area contributed by atoms with Gasteiger partial charge in [-0.15, -0.1) is 24.0 Å². The highest BCUT2D eigenvalue weighted by Crippen LogP contribution is 2.40. The van der Waals surface area contributed by atoms with Crippen LogP contribution in [-0.4, -0.2) is 39.3 Å². The van der Waals surface area contributed by atoms with E-state index in [1.807, 2.05) is 0 Å². The molecular formula is C17H28IN3O. The summed E-state index contributed by atoms with van der Waals surface area (Å²) in [6.45, 7) is 5.92. The lowest BCUT2D eigenvalue weighted by Crippen LogP contribution is -2.40. The molecule has 124 valence electrons. The third-order valence-electron chi connectivity index (χ3n) is 3.97. The van der Waals surface area contributed by atoms with E-state index >= 15 is 0 Å². The second kappa shape index (κ2) is 9.35.